The largest absolute Gasteiger partial charge is 0.454 e. The van der Waals surface area contributed by atoms with Gasteiger partial charge in [0.25, 0.3) is 0 Å². The molecule has 1 atom stereocenters. The van der Waals surface area contributed by atoms with Crippen LogP contribution in [0.25, 0.3) is 0 Å². The zero-order chi connectivity index (χ0) is 14.5. The van der Waals surface area contributed by atoms with Crippen molar-refractivity contribution in [1.82, 2.24) is 4.90 Å². The van der Waals surface area contributed by atoms with Crippen LogP contribution in [0.3, 0.4) is 0 Å². The zero-order valence-corrected chi connectivity index (χ0v) is 13.0. The van der Waals surface area contributed by atoms with E-state index in [0.717, 1.165) is 12.2 Å². The molecule has 0 amide bonds. The Kier molecular flexibility index (Phi) is 5.31. The second-order valence-corrected chi connectivity index (χ2v) is 6.02. The minimum atomic E-state index is 0.113. The summed E-state index contributed by atoms with van der Waals surface area (Å²) in [5, 5.41) is 0. The maximum atomic E-state index is 12.3. The Balaban J connectivity index is 1.94. The fourth-order valence-corrected chi connectivity index (χ4v) is 2.63. The first-order valence-electron chi connectivity index (χ1n) is 6.74. The van der Waals surface area contributed by atoms with Crippen LogP contribution in [-0.2, 0) is 0 Å². The van der Waals surface area contributed by atoms with Crippen LogP contribution in [0.2, 0.25) is 0 Å². The van der Waals surface area contributed by atoms with Gasteiger partial charge in [0.1, 0.15) is 0 Å². The predicted octanol–water partition coefficient (Wildman–Crippen LogP) is 2.67. The molecule has 0 fully saturated rings. The number of Topliss-reactive ketones (excluding diaryl/α,β-unsaturated/α-hetero) is 1. The number of ether oxygens (including phenoxy) is 2. The molecule has 0 saturated heterocycles. The van der Waals surface area contributed by atoms with Crippen molar-refractivity contribution in [3.05, 3.63) is 23.8 Å². The summed E-state index contributed by atoms with van der Waals surface area (Å²) in [6.45, 7) is 2.82. The first-order valence-corrected chi connectivity index (χ1v) is 8.13. The lowest BCUT2D eigenvalue weighted by Crippen LogP contribution is -2.34. The van der Waals surface area contributed by atoms with Crippen molar-refractivity contribution in [2.24, 2.45) is 0 Å². The fourth-order valence-electron chi connectivity index (χ4n) is 2.05. The molecule has 20 heavy (non-hydrogen) atoms. The lowest BCUT2D eigenvalue weighted by atomic mass is 10.1. The summed E-state index contributed by atoms with van der Waals surface area (Å²) in [5.41, 5.74) is 0.679. The lowest BCUT2D eigenvalue weighted by Gasteiger charge is -2.23. The normalized spacial score (nSPS) is 14.6. The molecule has 5 heteroatoms. The number of hydrogen-bond acceptors (Lipinski definition) is 5. The molecule has 1 aromatic rings. The van der Waals surface area contributed by atoms with Crippen molar-refractivity contribution in [2.45, 2.75) is 19.4 Å². The van der Waals surface area contributed by atoms with Gasteiger partial charge in [-0.3, -0.25) is 9.69 Å². The molecular weight excluding hydrogens is 274 g/mol. The number of likely N-dealkylation sites (N-methyl/N-ethyl adjacent to an activating group) is 1. The van der Waals surface area contributed by atoms with Crippen molar-refractivity contribution in [3.8, 4) is 11.5 Å². The minimum Gasteiger partial charge on any atom is -0.454 e. The van der Waals surface area contributed by atoms with Crippen LogP contribution in [0.5, 0.6) is 11.5 Å². The van der Waals surface area contributed by atoms with Crippen molar-refractivity contribution < 1.29 is 14.3 Å². The highest BCUT2D eigenvalue weighted by atomic mass is 32.2. The van der Waals surface area contributed by atoms with Crippen LogP contribution >= 0.6 is 11.8 Å². The van der Waals surface area contributed by atoms with E-state index in [-0.39, 0.29) is 12.6 Å². The van der Waals surface area contributed by atoms with E-state index in [1.54, 1.807) is 18.2 Å². The van der Waals surface area contributed by atoms with Crippen LogP contribution < -0.4 is 9.47 Å². The highest BCUT2D eigenvalue weighted by molar-refractivity contribution is 7.98. The Bertz CT molecular complexity index is 478. The van der Waals surface area contributed by atoms with Gasteiger partial charge in [0.2, 0.25) is 6.79 Å². The Morgan fingerprint density at radius 3 is 2.90 bits per heavy atom. The standard InChI is InChI=1S/C15H21NO3S/c1-11(6-7-20-3)16(2)9-13(17)12-4-5-14-15(8-12)19-10-18-14/h4-5,8,11H,6-7,9-10H2,1-3H3. The van der Waals surface area contributed by atoms with Gasteiger partial charge in [-0.1, -0.05) is 0 Å². The van der Waals surface area contributed by atoms with E-state index in [1.807, 2.05) is 18.8 Å². The van der Waals surface area contributed by atoms with E-state index in [2.05, 4.69) is 18.1 Å². The molecule has 1 unspecified atom stereocenters. The molecule has 1 aromatic carbocycles. The molecule has 0 spiro atoms. The summed E-state index contributed by atoms with van der Waals surface area (Å²) in [6.07, 6.45) is 3.19. The second kappa shape index (κ2) is 6.99. The van der Waals surface area contributed by atoms with Gasteiger partial charge in [-0.05, 0) is 50.6 Å². The van der Waals surface area contributed by atoms with Gasteiger partial charge in [-0.2, -0.15) is 11.8 Å². The van der Waals surface area contributed by atoms with Gasteiger partial charge in [0.05, 0.1) is 6.54 Å². The minimum absolute atomic E-state index is 0.113. The van der Waals surface area contributed by atoms with Crippen LogP contribution in [0.15, 0.2) is 18.2 Å². The fraction of sp³-hybridized carbons (Fsp3) is 0.533. The number of benzene rings is 1. The Hall–Kier alpha value is -1.20. The van der Waals surface area contributed by atoms with E-state index in [1.165, 1.54) is 0 Å². The lowest BCUT2D eigenvalue weighted by molar-refractivity contribution is 0.0923. The average molecular weight is 295 g/mol. The molecule has 0 aromatic heterocycles. The third-order valence-corrected chi connectivity index (χ3v) is 4.22. The first-order chi connectivity index (χ1) is 9.61. The number of rotatable bonds is 7. The van der Waals surface area contributed by atoms with Crippen molar-refractivity contribution >= 4 is 17.5 Å². The van der Waals surface area contributed by atoms with Crippen LogP contribution in [0.1, 0.15) is 23.7 Å². The molecule has 0 N–H and O–H groups in total. The zero-order valence-electron chi connectivity index (χ0n) is 12.2. The summed E-state index contributed by atoms with van der Waals surface area (Å²) in [7, 11) is 2.00. The average Bonchev–Trinajstić information content (AvgIpc) is 2.91. The predicted molar refractivity (Wildman–Crippen MR) is 82.0 cm³/mol. The first kappa shape index (κ1) is 15.2. The van der Waals surface area contributed by atoms with Crippen LogP contribution in [0.4, 0.5) is 0 Å². The number of nitrogens with zero attached hydrogens (tertiary/aromatic N) is 1. The van der Waals surface area contributed by atoms with Crippen LogP contribution in [0, 0.1) is 0 Å². The number of carbonyl (C=O) groups is 1. The topological polar surface area (TPSA) is 38.8 Å². The van der Waals surface area contributed by atoms with Crippen molar-refractivity contribution in [2.75, 3.05) is 32.4 Å². The molecule has 4 nitrogen and oxygen atoms in total. The van der Waals surface area contributed by atoms with Gasteiger partial charge in [-0.15, -0.1) is 0 Å². The highest BCUT2D eigenvalue weighted by Gasteiger charge is 2.18. The van der Waals surface area contributed by atoms with Gasteiger partial charge < -0.3 is 9.47 Å². The Morgan fingerprint density at radius 2 is 2.15 bits per heavy atom. The number of fused-ring (bicyclic) bond motifs is 1. The summed E-state index contributed by atoms with van der Waals surface area (Å²) in [5.74, 6) is 2.60. The molecular formula is C15H21NO3S. The summed E-state index contributed by atoms with van der Waals surface area (Å²) in [6, 6.07) is 5.77. The monoisotopic (exact) mass is 295 g/mol. The number of carbonyl (C=O) groups excluding carboxylic acids is 1. The maximum Gasteiger partial charge on any atom is 0.231 e. The molecule has 0 bridgehead atoms. The van der Waals surface area contributed by atoms with E-state index in [0.29, 0.717) is 29.6 Å². The number of ketones is 1. The van der Waals surface area contributed by atoms with Gasteiger partial charge in [-0.25, -0.2) is 0 Å². The highest BCUT2D eigenvalue weighted by Crippen LogP contribution is 2.32. The van der Waals surface area contributed by atoms with Gasteiger partial charge in [0.15, 0.2) is 17.3 Å². The number of hydrogen-bond donors (Lipinski definition) is 0. The van der Waals surface area contributed by atoms with Crippen LogP contribution in [-0.4, -0.2) is 49.1 Å². The molecule has 110 valence electrons. The van der Waals surface area contributed by atoms with E-state index >= 15 is 0 Å². The van der Waals surface area contributed by atoms with Crippen molar-refractivity contribution in [3.63, 3.8) is 0 Å². The SMILES string of the molecule is CSCCC(C)N(C)CC(=O)c1ccc2c(c1)OCO2. The Morgan fingerprint density at radius 1 is 1.40 bits per heavy atom. The van der Waals surface area contributed by atoms with Gasteiger partial charge in [0, 0.05) is 11.6 Å². The Labute approximate surface area is 124 Å². The smallest absolute Gasteiger partial charge is 0.231 e. The molecule has 1 aliphatic heterocycles. The van der Waals surface area contributed by atoms with E-state index in [9.17, 15) is 4.79 Å². The maximum absolute atomic E-state index is 12.3. The molecule has 0 saturated carbocycles. The molecule has 1 heterocycles. The summed E-state index contributed by atoms with van der Waals surface area (Å²) >= 11 is 1.83. The number of thioether (sulfide) groups is 1. The summed E-state index contributed by atoms with van der Waals surface area (Å²) in [4.78, 5) is 14.4. The molecule has 0 aliphatic carbocycles. The second-order valence-electron chi connectivity index (χ2n) is 5.04. The van der Waals surface area contributed by atoms with Crippen molar-refractivity contribution in [1.29, 1.82) is 0 Å². The molecule has 2 rings (SSSR count). The third kappa shape index (κ3) is 3.67. The van der Waals surface area contributed by atoms with Gasteiger partial charge >= 0.3 is 0 Å². The quantitative estimate of drug-likeness (QED) is 0.723. The summed E-state index contributed by atoms with van der Waals surface area (Å²) < 4.78 is 10.6. The van der Waals surface area contributed by atoms with E-state index < -0.39 is 0 Å². The third-order valence-electron chi connectivity index (χ3n) is 3.58. The molecule has 1 aliphatic rings. The molecule has 0 radical (unpaired) electrons. The van der Waals surface area contributed by atoms with E-state index in [4.69, 9.17) is 9.47 Å².